The van der Waals surface area contributed by atoms with E-state index in [1.54, 1.807) is 18.2 Å². The van der Waals surface area contributed by atoms with Crippen LogP contribution in [0.5, 0.6) is 0 Å². The van der Waals surface area contributed by atoms with Crippen LogP contribution in [0.2, 0.25) is 10.0 Å². The van der Waals surface area contributed by atoms with E-state index < -0.39 is 15.9 Å². The number of halogens is 2. The second-order valence-corrected chi connectivity index (χ2v) is 8.04. The molecule has 134 valence electrons. The Labute approximate surface area is 157 Å². The molecule has 0 fully saturated rings. The smallest absolute Gasteiger partial charge is 0.264 e. The van der Waals surface area contributed by atoms with Gasteiger partial charge in [-0.2, -0.15) is 0 Å². The molecule has 25 heavy (non-hydrogen) atoms. The van der Waals surface area contributed by atoms with E-state index in [-0.39, 0.29) is 27.2 Å². The largest absolute Gasteiger partial charge is 0.355 e. The molecule has 1 amide bonds. The van der Waals surface area contributed by atoms with Gasteiger partial charge in [-0.25, -0.2) is 8.42 Å². The van der Waals surface area contributed by atoms with Crippen LogP contribution < -0.4 is 9.62 Å². The number of carbonyl (C=O) groups is 1. The van der Waals surface area contributed by atoms with Crippen molar-refractivity contribution < 1.29 is 13.2 Å². The summed E-state index contributed by atoms with van der Waals surface area (Å²) in [4.78, 5) is 12.2. The second-order valence-electron chi connectivity index (χ2n) is 5.30. The first-order chi connectivity index (χ1) is 11.8. The fourth-order valence-corrected chi connectivity index (χ4v) is 4.11. The molecular formula is C17H18Cl2N2O3S. The molecule has 2 rings (SSSR count). The molecule has 0 saturated carbocycles. The summed E-state index contributed by atoms with van der Waals surface area (Å²) < 4.78 is 27.1. The zero-order valence-corrected chi connectivity index (χ0v) is 15.9. The van der Waals surface area contributed by atoms with E-state index in [0.29, 0.717) is 6.54 Å². The van der Waals surface area contributed by atoms with Crippen LogP contribution in [0.15, 0.2) is 53.4 Å². The summed E-state index contributed by atoms with van der Waals surface area (Å²) in [6.07, 6.45) is 0.750. The zero-order chi connectivity index (χ0) is 18.4. The van der Waals surface area contributed by atoms with Crippen molar-refractivity contribution in [2.45, 2.75) is 18.2 Å². The summed E-state index contributed by atoms with van der Waals surface area (Å²) >= 11 is 12.0. The summed E-state index contributed by atoms with van der Waals surface area (Å²) in [6.45, 7) is 2.01. The molecule has 0 heterocycles. The van der Waals surface area contributed by atoms with Crippen LogP contribution in [-0.4, -0.2) is 27.4 Å². The van der Waals surface area contributed by atoms with Crippen LogP contribution >= 0.6 is 23.2 Å². The second kappa shape index (κ2) is 8.56. The van der Waals surface area contributed by atoms with Crippen LogP contribution in [0.3, 0.4) is 0 Å². The topological polar surface area (TPSA) is 66.5 Å². The van der Waals surface area contributed by atoms with Gasteiger partial charge in [-0.1, -0.05) is 48.3 Å². The maximum atomic E-state index is 13.0. The van der Waals surface area contributed by atoms with Gasteiger partial charge in [0.15, 0.2) is 0 Å². The third-order valence-corrected chi connectivity index (χ3v) is 5.55. The maximum absolute atomic E-state index is 13.0. The van der Waals surface area contributed by atoms with Crippen LogP contribution in [-0.2, 0) is 14.8 Å². The van der Waals surface area contributed by atoms with Gasteiger partial charge in [0.1, 0.15) is 6.54 Å². The maximum Gasteiger partial charge on any atom is 0.264 e. The molecule has 1 N–H and O–H groups in total. The number of amides is 1. The minimum Gasteiger partial charge on any atom is -0.355 e. The highest BCUT2D eigenvalue weighted by molar-refractivity contribution is 7.92. The molecule has 0 bridgehead atoms. The molecule has 8 heteroatoms. The monoisotopic (exact) mass is 400 g/mol. The van der Waals surface area contributed by atoms with E-state index in [2.05, 4.69) is 5.32 Å². The summed E-state index contributed by atoms with van der Waals surface area (Å²) in [5.74, 6) is -0.405. The van der Waals surface area contributed by atoms with E-state index in [1.807, 2.05) is 6.92 Å². The quantitative estimate of drug-likeness (QED) is 0.769. The van der Waals surface area contributed by atoms with Gasteiger partial charge in [0.05, 0.1) is 10.6 Å². The lowest BCUT2D eigenvalue weighted by Crippen LogP contribution is -2.41. The lowest BCUT2D eigenvalue weighted by molar-refractivity contribution is -0.119. The molecule has 0 saturated heterocycles. The van der Waals surface area contributed by atoms with Crippen molar-refractivity contribution in [3.8, 4) is 0 Å². The Balaban J connectivity index is 2.46. The summed E-state index contributed by atoms with van der Waals surface area (Å²) in [6, 6.07) is 12.3. The van der Waals surface area contributed by atoms with E-state index in [4.69, 9.17) is 23.2 Å². The normalized spacial score (nSPS) is 11.2. The number of hydrogen-bond acceptors (Lipinski definition) is 3. The third-order valence-electron chi connectivity index (χ3n) is 3.33. The molecule has 0 aliphatic rings. The molecule has 0 unspecified atom stereocenters. The predicted molar refractivity (Wildman–Crippen MR) is 101 cm³/mol. The van der Waals surface area contributed by atoms with E-state index in [0.717, 1.165) is 10.7 Å². The highest BCUT2D eigenvalue weighted by Gasteiger charge is 2.27. The van der Waals surface area contributed by atoms with Gasteiger partial charge in [-0.3, -0.25) is 9.10 Å². The first-order valence-electron chi connectivity index (χ1n) is 7.65. The van der Waals surface area contributed by atoms with Gasteiger partial charge in [-0.05, 0) is 36.8 Å². The highest BCUT2D eigenvalue weighted by atomic mass is 35.5. The number of carbonyl (C=O) groups excluding carboxylic acids is 1. The SMILES string of the molecule is CCCNC(=O)CN(c1cc(Cl)cc(Cl)c1)S(=O)(=O)c1ccccc1. The summed E-state index contributed by atoms with van der Waals surface area (Å²) in [5.41, 5.74) is 0.230. The van der Waals surface area contributed by atoms with E-state index in [1.165, 1.54) is 30.3 Å². The molecule has 0 radical (unpaired) electrons. The minimum atomic E-state index is -3.95. The van der Waals surface area contributed by atoms with Gasteiger partial charge in [-0.15, -0.1) is 0 Å². The van der Waals surface area contributed by atoms with Gasteiger partial charge >= 0.3 is 0 Å². The summed E-state index contributed by atoms with van der Waals surface area (Å²) in [5, 5.41) is 3.24. The van der Waals surface area contributed by atoms with Gasteiger partial charge in [0, 0.05) is 16.6 Å². The average molecular weight is 401 g/mol. The van der Waals surface area contributed by atoms with Crippen LogP contribution in [0.1, 0.15) is 13.3 Å². The van der Waals surface area contributed by atoms with Crippen LogP contribution in [0, 0.1) is 0 Å². The Morgan fingerprint density at radius 2 is 1.68 bits per heavy atom. The van der Waals surface area contributed by atoms with E-state index >= 15 is 0 Å². The first-order valence-corrected chi connectivity index (χ1v) is 9.84. The van der Waals surface area contributed by atoms with Crippen molar-refractivity contribution in [1.29, 1.82) is 0 Å². The fourth-order valence-electron chi connectivity index (χ4n) is 2.17. The molecule has 5 nitrogen and oxygen atoms in total. The zero-order valence-electron chi connectivity index (χ0n) is 13.6. The number of rotatable bonds is 7. The third kappa shape index (κ3) is 5.11. The number of sulfonamides is 1. The van der Waals surface area contributed by atoms with Crippen molar-refractivity contribution in [2.24, 2.45) is 0 Å². The van der Waals surface area contributed by atoms with Crippen molar-refractivity contribution >= 4 is 44.8 Å². The number of nitrogens with one attached hydrogen (secondary N) is 1. The molecule has 0 aromatic heterocycles. The molecule has 2 aromatic rings. The van der Waals surface area contributed by atoms with Crippen molar-refractivity contribution in [2.75, 3.05) is 17.4 Å². The Bertz CT molecular complexity index is 822. The van der Waals surface area contributed by atoms with Gasteiger partial charge < -0.3 is 5.32 Å². The average Bonchev–Trinajstić information content (AvgIpc) is 2.57. The minimum absolute atomic E-state index is 0.0781. The Kier molecular flexibility index (Phi) is 6.70. The number of nitrogens with zero attached hydrogens (tertiary/aromatic N) is 1. The molecule has 0 aliphatic carbocycles. The Morgan fingerprint density at radius 1 is 1.08 bits per heavy atom. The summed E-state index contributed by atoms with van der Waals surface area (Å²) in [7, 11) is -3.95. The standard InChI is InChI=1S/C17H18Cl2N2O3S/c1-2-8-20-17(22)12-21(15-10-13(18)9-14(19)11-15)25(23,24)16-6-4-3-5-7-16/h3-7,9-11H,2,8,12H2,1H3,(H,20,22). The van der Waals surface area contributed by atoms with Crippen molar-refractivity contribution in [3.63, 3.8) is 0 Å². The Hall–Kier alpha value is -1.76. The molecular weight excluding hydrogens is 383 g/mol. The molecule has 0 atom stereocenters. The lowest BCUT2D eigenvalue weighted by Gasteiger charge is -2.24. The number of hydrogen-bond donors (Lipinski definition) is 1. The van der Waals surface area contributed by atoms with Crippen LogP contribution in [0.4, 0.5) is 5.69 Å². The van der Waals surface area contributed by atoms with Crippen LogP contribution in [0.25, 0.3) is 0 Å². The van der Waals surface area contributed by atoms with Crippen molar-refractivity contribution in [3.05, 3.63) is 58.6 Å². The first kappa shape index (κ1) is 19.6. The van der Waals surface area contributed by atoms with Gasteiger partial charge in [0.2, 0.25) is 5.91 Å². The highest BCUT2D eigenvalue weighted by Crippen LogP contribution is 2.29. The molecule has 2 aromatic carbocycles. The number of benzene rings is 2. The predicted octanol–water partition coefficient (Wildman–Crippen LogP) is 3.71. The fraction of sp³-hybridized carbons (Fsp3) is 0.235. The van der Waals surface area contributed by atoms with E-state index in [9.17, 15) is 13.2 Å². The molecule has 0 spiro atoms. The lowest BCUT2D eigenvalue weighted by atomic mass is 10.3. The number of anilines is 1. The Morgan fingerprint density at radius 3 is 2.24 bits per heavy atom. The van der Waals surface area contributed by atoms with Gasteiger partial charge in [0.25, 0.3) is 10.0 Å². The molecule has 0 aliphatic heterocycles. The van der Waals surface area contributed by atoms with Crippen molar-refractivity contribution in [1.82, 2.24) is 5.32 Å².